The third kappa shape index (κ3) is 4.17. The minimum absolute atomic E-state index is 0.0350. The number of benzene rings is 2. The summed E-state index contributed by atoms with van der Waals surface area (Å²) < 4.78 is 0. The van der Waals surface area contributed by atoms with Crippen LogP contribution >= 0.6 is 0 Å². The zero-order valence-electron chi connectivity index (χ0n) is 14.7. The van der Waals surface area contributed by atoms with Crippen molar-refractivity contribution in [2.75, 3.05) is 5.32 Å². The highest BCUT2D eigenvalue weighted by atomic mass is 16.2. The van der Waals surface area contributed by atoms with Gasteiger partial charge in [-0.15, -0.1) is 0 Å². The lowest BCUT2D eigenvalue weighted by atomic mass is 9.95. The Labute approximate surface area is 152 Å². The molecule has 5 nitrogen and oxygen atoms in total. The van der Waals surface area contributed by atoms with E-state index in [9.17, 15) is 14.4 Å². The van der Waals surface area contributed by atoms with Crippen LogP contribution in [0, 0.1) is 5.92 Å². The number of hydrogen-bond donors (Lipinski definition) is 2. The molecule has 0 aliphatic carbocycles. The van der Waals surface area contributed by atoms with E-state index >= 15 is 0 Å². The van der Waals surface area contributed by atoms with Crippen LogP contribution < -0.4 is 10.6 Å². The van der Waals surface area contributed by atoms with Crippen LogP contribution in [-0.4, -0.2) is 17.7 Å². The second-order valence-corrected chi connectivity index (χ2v) is 6.58. The topological polar surface area (TPSA) is 75.3 Å². The molecule has 2 atom stereocenters. The normalized spacial score (nSPS) is 17.7. The number of imide groups is 1. The van der Waals surface area contributed by atoms with Crippen LogP contribution in [0.4, 0.5) is 5.69 Å². The molecule has 3 rings (SSSR count). The van der Waals surface area contributed by atoms with Crippen LogP contribution in [0.2, 0.25) is 0 Å². The fraction of sp³-hybridized carbons (Fsp3) is 0.286. The summed E-state index contributed by atoms with van der Waals surface area (Å²) in [5, 5.41) is 5.28. The first-order valence-corrected chi connectivity index (χ1v) is 8.85. The van der Waals surface area contributed by atoms with E-state index in [0.717, 1.165) is 23.2 Å². The molecule has 1 aliphatic rings. The molecule has 0 bridgehead atoms. The van der Waals surface area contributed by atoms with Crippen molar-refractivity contribution in [1.29, 1.82) is 0 Å². The Morgan fingerprint density at radius 1 is 1.12 bits per heavy atom. The lowest BCUT2D eigenvalue weighted by Gasteiger charge is -2.16. The molecule has 5 heteroatoms. The van der Waals surface area contributed by atoms with Crippen molar-refractivity contribution in [2.45, 2.75) is 32.1 Å². The van der Waals surface area contributed by atoms with Gasteiger partial charge in [0.15, 0.2) is 0 Å². The summed E-state index contributed by atoms with van der Waals surface area (Å²) in [7, 11) is 0. The Kier molecular flexibility index (Phi) is 5.46. The average Bonchev–Trinajstić information content (AvgIpc) is 2.95. The standard InChI is InChI=1S/C21H22N2O3/c1-2-18(15-6-4-3-5-7-15)21(26)22-17-10-8-14(9-11-17)12-16-13-19(24)23-20(16)25/h3-11,16,18H,2,12-13H2,1H3,(H,22,26)(H,23,24,25). The first-order valence-electron chi connectivity index (χ1n) is 8.85. The fourth-order valence-corrected chi connectivity index (χ4v) is 3.27. The predicted molar refractivity (Wildman–Crippen MR) is 99.5 cm³/mol. The van der Waals surface area contributed by atoms with Gasteiger partial charge >= 0.3 is 0 Å². The molecular weight excluding hydrogens is 328 g/mol. The molecule has 1 heterocycles. The monoisotopic (exact) mass is 350 g/mol. The number of nitrogens with one attached hydrogen (secondary N) is 2. The molecule has 2 aromatic carbocycles. The van der Waals surface area contributed by atoms with E-state index < -0.39 is 0 Å². The number of anilines is 1. The largest absolute Gasteiger partial charge is 0.326 e. The third-order valence-electron chi connectivity index (χ3n) is 4.70. The summed E-state index contributed by atoms with van der Waals surface area (Å²) in [5.41, 5.74) is 2.69. The maximum absolute atomic E-state index is 12.6. The zero-order chi connectivity index (χ0) is 18.5. The van der Waals surface area contributed by atoms with E-state index in [1.165, 1.54) is 0 Å². The van der Waals surface area contributed by atoms with Crippen LogP contribution in [0.5, 0.6) is 0 Å². The number of amides is 3. The second kappa shape index (κ2) is 7.95. The SMILES string of the molecule is CCC(C(=O)Nc1ccc(CC2CC(=O)NC2=O)cc1)c1ccccc1. The molecule has 1 aliphatic heterocycles. The Morgan fingerprint density at radius 2 is 1.81 bits per heavy atom. The van der Waals surface area contributed by atoms with Gasteiger partial charge in [-0.25, -0.2) is 0 Å². The Balaban J connectivity index is 1.62. The van der Waals surface area contributed by atoms with Crippen molar-refractivity contribution in [3.05, 3.63) is 65.7 Å². The molecule has 26 heavy (non-hydrogen) atoms. The smallest absolute Gasteiger partial charge is 0.231 e. The minimum atomic E-state index is -0.300. The van der Waals surface area contributed by atoms with Gasteiger partial charge < -0.3 is 5.32 Å². The number of rotatable bonds is 6. The lowest BCUT2D eigenvalue weighted by molar-refractivity contribution is -0.125. The summed E-state index contributed by atoms with van der Waals surface area (Å²) in [4.78, 5) is 35.5. The molecule has 2 N–H and O–H groups in total. The fourth-order valence-electron chi connectivity index (χ4n) is 3.27. The zero-order valence-corrected chi connectivity index (χ0v) is 14.7. The maximum Gasteiger partial charge on any atom is 0.231 e. The van der Waals surface area contributed by atoms with Crippen LogP contribution in [0.15, 0.2) is 54.6 Å². The van der Waals surface area contributed by atoms with Crippen molar-refractivity contribution in [2.24, 2.45) is 5.92 Å². The summed E-state index contributed by atoms with van der Waals surface area (Å²) >= 11 is 0. The molecule has 0 radical (unpaired) electrons. The summed E-state index contributed by atoms with van der Waals surface area (Å²) in [6, 6.07) is 17.2. The van der Waals surface area contributed by atoms with Crippen molar-refractivity contribution >= 4 is 23.4 Å². The molecule has 3 amide bonds. The summed E-state index contributed by atoms with van der Waals surface area (Å²) in [6.07, 6.45) is 1.48. The molecule has 2 unspecified atom stereocenters. The van der Waals surface area contributed by atoms with Gasteiger partial charge in [-0.2, -0.15) is 0 Å². The first kappa shape index (κ1) is 17.9. The van der Waals surface area contributed by atoms with Gasteiger partial charge in [0.2, 0.25) is 17.7 Å². The maximum atomic E-state index is 12.6. The van der Waals surface area contributed by atoms with Crippen LogP contribution in [0.3, 0.4) is 0 Å². The van der Waals surface area contributed by atoms with Crippen molar-refractivity contribution in [3.8, 4) is 0 Å². The van der Waals surface area contributed by atoms with Gasteiger partial charge in [0.25, 0.3) is 0 Å². The van der Waals surface area contributed by atoms with Gasteiger partial charge in [0.1, 0.15) is 0 Å². The Bertz CT molecular complexity index is 800. The van der Waals surface area contributed by atoms with E-state index in [-0.39, 0.29) is 36.0 Å². The number of carbonyl (C=O) groups excluding carboxylic acids is 3. The molecule has 134 valence electrons. The molecule has 2 aromatic rings. The van der Waals surface area contributed by atoms with Gasteiger partial charge in [0, 0.05) is 12.1 Å². The van der Waals surface area contributed by atoms with Crippen LogP contribution in [0.1, 0.15) is 36.8 Å². The van der Waals surface area contributed by atoms with Gasteiger partial charge in [-0.1, -0.05) is 49.4 Å². The van der Waals surface area contributed by atoms with Crippen molar-refractivity contribution in [1.82, 2.24) is 5.32 Å². The van der Waals surface area contributed by atoms with Gasteiger partial charge in [-0.3, -0.25) is 19.7 Å². The van der Waals surface area contributed by atoms with E-state index in [0.29, 0.717) is 6.42 Å². The van der Waals surface area contributed by atoms with E-state index in [1.807, 2.05) is 61.5 Å². The van der Waals surface area contributed by atoms with Crippen LogP contribution in [0.25, 0.3) is 0 Å². The highest BCUT2D eigenvalue weighted by Gasteiger charge is 2.30. The Morgan fingerprint density at radius 3 is 2.38 bits per heavy atom. The van der Waals surface area contributed by atoms with Crippen LogP contribution in [-0.2, 0) is 20.8 Å². The lowest BCUT2D eigenvalue weighted by Crippen LogP contribution is -2.23. The number of hydrogen-bond acceptors (Lipinski definition) is 3. The van der Waals surface area contributed by atoms with E-state index in [4.69, 9.17) is 0 Å². The highest BCUT2D eigenvalue weighted by Crippen LogP contribution is 2.23. The summed E-state index contributed by atoms with van der Waals surface area (Å²) in [6.45, 7) is 1.99. The molecule has 0 aromatic heterocycles. The summed E-state index contributed by atoms with van der Waals surface area (Å²) in [5.74, 6) is -0.946. The average molecular weight is 350 g/mol. The molecule has 1 fully saturated rings. The predicted octanol–water partition coefficient (Wildman–Crippen LogP) is 3.02. The first-order chi connectivity index (χ1) is 12.6. The highest BCUT2D eigenvalue weighted by molar-refractivity contribution is 6.03. The quantitative estimate of drug-likeness (QED) is 0.787. The minimum Gasteiger partial charge on any atom is -0.326 e. The van der Waals surface area contributed by atoms with E-state index in [1.54, 1.807) is 0 Å². The van der Waals surface area contributed by atoms with E-state index in [2.05, 4.69) is 10.6 Å². The molecule has 0 saturated carbocycles. The molecule has 1 saturated heterocycles. The second-order valence-electron chi connectivity index (χ2n) is 6.58. The number of carbonyl (C=O) groups is 3. The van der Waals surface area contributed by atoms with Gasteiger partial charge in [0.05, 0.1) is 11.8 Å². The third-order valence-corrected chi connectivity index (χ3v) is 4.70. The Hall–Kier alpha value is -2.95. The van der Waals surface area contributed by atoms with Crippen molar-refractivity contribution < 1.29 is 14.4 Å². The van der Waals surface area contributed by atoms with Crippen molar-refractivity contribution in [3.63, 3.8) is 0 Å². The molecular formula is C21H22N2O3. The molecule has 0 spiro atoms. The van der Waals surface area contributed by atoms with Gasteiger partial charge in [-0.05, 0) is 36.1 Å².